The van der Waals surface area contributed by atoms with E-state index in [4.69, 9.17) is 4.74 Å². The molecule has 4 nitrogen and oxygen atoms in total. The first-order valence-electron chi connectivity index (χ1n) is 7.84. The topological polar surface area (TPSA) is 41.6 Å². The highest BCUT2D eigenvalue weighted by Crippen LogP contribution is 2.23. The van der Waals surface area contributed by atoms with Gasteiger partial charge < -0.3 is 15.0 Å². The Morgan fingerprint density at radius 1 is 1.25 bits per heavy atom. The van der Waals surface area contributed by atoms with Crippen LogP contribution in [0.1, 0.15) is 10.4 Å². The fraction of sp³-hybridized carbons (Fsp3) is 0.278. The van der Waals surface area contributed by atoms with Crippen LogP contribution < -0.4 is 10.2 Å². The summed E-state index contributed by atoms with van der Waals surface area (Å²) in [5, 5.41) is 2.96. The van der Waals surface area contributed by atoms with Gasteiger partial charge in [0.25, 0.3) is 0 Å². The Hall–Kier alpha value is -1.63. The number of nitrogens with one attached hydrogen (secondary N) is 1. The van der Waals surface area contributed by atoms with Crippen LogP contribution in [0.5, 0.6) is 0 Å². The summed E-state index contributed by atoms with van der Waals surface area (Å²) in [6, 6.07) is 12.2. The third-order valence-corrected chi connectivity index (χ3v) is 5.38. The van der Waals surface area contributed by atoms with Crippen LogP contribution in [0.2, 0.25) is 0 Å². The quantitative estimate of drug-likeness (QED) is 0.769. The van der Waals surface area contributed by atoms with Gasteiger partial charge in [-0.3, -0.25) is 4.79 Å². The minimum Gasteiger partial charge on any atom is -0.378 e. The van der Waals surface area contributed by atoms with E-state index >= 15 is 0 Å². The largest absolute Gasteiger partial charge is 0.378 e. The van der Waals surface area contributed by atoms with Crippen molar-refractivity contribution in [1.82, 2.24) is 5.32 Å². The van der Waals surface area contributed by atoms with Crippen molar-refractivity contribution in [3.05, 3.63) is 56.7 Å². The average Bonchev–Trinajstić information content (AvgIpc) is 3.04. The molecule has 0 saturated carbocycles. The van der Waals surface area contributed by atoms with Crippen molar-refractivity contribution < 1.29 is 9.53 Å². The van der Waals surface area contributed by atoms with Gasteiger partial charge in [-0.2, -0.15) is 0 Å². The van der Waals surface area contributed by atoms with Crippen LogP contribution in [0, 0.1) is 0 Å². The first-order chi connectivity index (χ1) is 11.7. The molecule has 0 radical (unpaired) electrons. The Morgan fingerprint density at radius 3 is 2.79 bits per heavy atom. The van der Waals surface area contributed by atoms with Gasteiger partial charge in [-0.15, -0.1) is 11.3 Å². The molecule has 3 rings (SSSR count). The number of rotatable bonds is 5. The molecule has 1 saturated heterocycles. The highest BCUT2D eigenvalue weighted by Gasteiger charge is 2.14. The minimum atomic E-state index is -0.0868. The average molecular weight is 407 g/mol. The number of carbonyl (C=O) groups is 1. The molecular formula is C18H19BrN2O2S. The van der Waals surface area contributed by atoms with Gasteiger partial charge in [-0.1, -0.05) is 18.2 Å². The number of ether oxygens (including phenoxy) is 1. The Kier molecular flexibility index (Phi) is 6.07. The number of amides is 1. The fourth-order valence-electron chi connectivity index (χ4n) is 2.59. The molecule has 24 heavy (non-hydrogen) atoms. The van der Waals surface area contributed by atoms with Crippen molar-refractivity contribution in [3.63, 3.8) is 0 Å². The first-order valence-corrected chi connectivity index (χ1v) is 9.45. The predicted molar refractivity (Wildman–Crippen MR) is 102 cm³/mol. The number of para-hydroxylation sites is 1. The minimum absolute atomic E-state index is 0.0868. The van der Waals surface area contributed by atoms with Crippen LogP contribution in [0.3, 0.4) is 0 Å². The van der Waals surface area contributed by atoms with Crippen LogP contribution in [-0.4, -0.2) is 32.2 Å². The van der Waals surface area contributed by atoms with E-state index in [1.165, 1.54) is 5.69 Å². The molecule has 0 bridgehead atoms. The second kappa shape index (κ2) is 8.46. The van der Waals surface area contributed by atoms with Gasteiger partial charge in [0.1, 0.15) is 0 Å². The number of hydrogen-bond acceptors (Lipinski definition) is 4. The molecule has 1 amide bonds. The van der Waals surface area contributed by atoms with E-state index in [9.17, 15) is 4.79 Å². The molecule has 0 spiro atoms. The molecule has 1 aromatic carbocycles. The van der Waals surface area contributed by atoms with E-state index in [-0.39, 0.29) is 5.91 Å². The fourth-order valence-corrected chi connectivity index (χ4v) is 3.92. The molecule has 1 fully saturated rings. The Morgan fingerprint density at radius 2 is 2.04 bits per heavy atom. The molecule has 0 unspecified atom stereocenters. The SMILES string of the molecule is O=C(/C=C/c1ccc(Br)s1)NCc1ccccc1N1CCOCC1. The lowest BCUT2D eigenvalue weighted by molar-refractivity contribution is -0.116. The second-order valence-electron chi connectivity index (χ2n) is 5.42. The van der Waals surface area contributed by atoms with Gasteiger partial charge in [-0.05, 0) is 45.8 Å². The monoisotopic (exact) mass is 406 g/mol. The van der Waals surface area contributed by atoms with E-state index in [0.29, 0.717) is 6.54 Å². The summed E-state index contributed by atoms with van der Waals surface area (Å²) in [7, 11) is 0. The molecule has 6 heteroatoms. The van der Waals surface area contributed by atoms with Crippen LogP contribution in [-0.2, 0) is 16.1 Å². The lowest BCUT2D eigenvalue weighted by Gasteiger charge is -2.30. The van der Waals surface area contributed by atoms with Crippen molar-refractivity contribution >= 4 is 44.9 Å². The third-order valence-electron chi connectivity index (χ3n) is 3.79. The lowest BCUT2D eigenvalue weighted by Crippen LogP contribution is -2.37. The number of halogens is 1. The Bertz CT molecular complexity index is 723. The maximum absolute atomic E-state index is 12.0. The molecular weight excluding hydrogens is 388 g/mol. The van der Waals surface area contributed by atoms with Crippen LogP contribution >= 0.6 is 27.3 Å². The van der Waals surface area contributed by atoms with Crippen molar-refractivity contribution in [2.75, 3.05) is 31.2 Å². The third kappa shape index (κ3) is 4.69. The molecule has 0 atom stereocenters. The number of morpholine rings is 1. The number of anilines is 1. The number of benzene rings is 1. The van der Waals surface area contributed by atoms with Crippen molar-refractivity contribution in [3.8, 4) is 0 Å². The number of hydrogen-bond donors (Lipinski definition) is 1. The van der Waals surface area contributed by atoms with Gasteiger partial charge in [0.05, 0.1) is 17.0 Å². The van der Waals surface area contributed by atoms with E-state index in [1.54, 1.807) is 17.4 Å². The smallest absolute Gasteiger partial charge is 0.244 e. The molecule has 1 aliphatic heterocycles. The van der Waals surface area contributed by atoms with Crippen molar-refractivity contribution in [2.45, 2.75) is 6.54 Å². The predicted octanol–water partition coefficient (Wildman–Crippen LogP) is 3.68. The van der Waals surface area contributed by atoms with Gasteiger partial charge in [0.2, 0.25) is 5.91 Å². The maximum atomic E-state index is 12.0. The zero-order chi connectivity index (χ0) is 16.8. The van der Waals surface area contributed by atoms with Crippen molar-refractivity contribution in [2.24, 2.45) is 0 Å². The summed E-state index contributed by atoms with van der Waals surface area (Å²) in [6.07, 6.45) is 3.41. The van der Waals surface area contributed by atoms with Crippen LogP contribution in [0.15, 0.2) is 46.3 Å². The molecule has 1 aliphatic rings. The second-order valence-corrected chi connectivity index (χ2v) is 7.92. The lowest BCUT2D eigenvalue weighted by atomic mass is 10.1. The van der Waals surface area contributed by atoms with Crippen molar-refractivity contribution in [1.29, 1.82) is 0 Å². The molecule has 1 aromatic heterocycles. The zero-order valence-electron chi connectivity index (χ0n) is 13.2. The molecule has 2 aromatic rings. The van der Waals surface area contributed by atoms with Gasteiger partial charge in [-0.25, -0.2) is 0 Å². The summed E-state index contributed by atoms with van der Waals surface area (Å²) in [5.41, 5.74) is 2.30. The summed E-state index contributed by atoms with van der Waals surface area (Å²) in [4.78, 5) is 15.4. The summed E-state index contributed by atoms with van der Waals surface area (Å²) in [5.74, 6) is -0.0868. The van der Waals surface area contributed by atoms with E-state index < -0.39 is 0 Å². The highest BCUT2D eigenvalue weighted by molar-refractivity contribution is 9.11. The van der Waals surface area contributed by atoms with E-state index in [1.807, 2.05) is 30.3 Å². The Labute approximate surface area is 154 Å². The number of nitrogens with zero attached hydrogens (tertiary/aromatic N) is 1. The van der Waals surface area contributed by atoms with Crippen LogP contribution in [0.25, 0.3) is 6.08 Å². The standard InChI is InChI=1S/C18H19BrN2O2S/c19-17-7-5-15(24-17)6-8-18(22)20-13-14-3-1-2-4-16(14)21-9-11-23-12-10-21/h1-8H,9-13H2,(H,20,22)/b8-6+. The zero-order valence-corrected chi connectivity index (χ0v) is 15.6. The summed E-state index contributed by atoms with van der Waals surface area (Å²) < 4.78 is 6.47. The van der Waals surface area contributed by atoms with E-state index in [2.05, 4.69) is 38.3 Å². The maximum Gasteiger partial charge on any atom is 0.244 e. The van der Waals surface area contributed by atoms with Crippen LogP contribution in [0.4, 0.5) is 5.69 Å². The molecule has 0 aliphatic carbocycles. The van der Waals surface area contributed by atoms with Gasteiger partial charge >= 0.3 is 0 Å². The molecule has 126 valence electrons. The summed E-state index contributed by atoms with van der Waals surface area (Å²) >= 11 is 5.01. The van der Waals surface area contributed by atoms with Gasteiger partial charge in [0.15, 0.2) is 0 Å². The van der Waals surface area contributed by atoms with Gasteiger partial charge in [0, 0.05) is 36.3 Å². The number of carbonyl (C=O) groups excluding carboxylic acids is 1. The number of thiophene rings is 1. The molecule has 1 N–H and O–H groups in total. The Balaban J connectivity index is 1.60. The first kappa shape index (κ1) is 17.2. The van der Waals surface area contributed by atoms with E-state index in [0.717, 1.165) is 40.5 Å². The normalized spacial score (nSPS) is 15.0. The molecule has 2 heterocycles. The summed E-state index contributed by atoms with van der Waals surface area (Å²) in [6.45, 7) is 3.79. The highest BCUT2D eigenvalue weighted by atomic mass is 79.9.